The van der Waals surface area contributed by atoms with Crippen molar-refractivity contribution in [1.29, 1.82) is 0 Å². The van der Waals surface area contributed by atoms with Crippen LogP contribution in [0, 0.1) is 11.8 Å². The molecule has 1 aliphatic heterocycles. The Morgan fingerprint density at radius 1 is 1.38 bits per heavy atom. The first-order chi connectivity index (χ1) is 12.5. The molecule has 1 aromatic heterocycles. The highest BCUT2D eigenvalue weighted by Crippen LogP contribution is 2.25. The lowest BCUT2D eigenvalue weighted by Gasteiger charge is -2.31. The van der Waals surface area contributed by atoms with Crippen LogP contribution in [0.3, 0.4) is 0 Å². The number of nitrogens with zero attached hydrogens (tertiary/aromatic N) is 3. The third kappa shape index (κ3) is 5.17. The van der Waals surface area contributed by atoms with Gasteiger partial charge in [0.25, 0.3) is 0 Å². The van der Waals surface area contributed by atoms with Crippen LogP contribution >= 0.6 is 23.1 Å². The second kappa shape index (κ2) is 8.82. The maximum absolute atomic E-state index is 12.4. The lowest BCUT2D eigenvalue weighted by Crippen LogP contribution is -2.43. The van der Waals surface area contributed by atoms with Gasteiger partial charge >= 0.3 is 0 Å². The van der Waals surface area contributed by atoms with E-state index in [1.807, 2.05) is 24.3 Å². The summed E-state index contributed by atoms with van der Waals surface area (Å²) in [5.41, 5.74) is 1.14. The average Bonchev–Trinajstić information content (AvgIpc) is 3.10. The molecule has 1 aromatic carbocycles. The van der Waals surface area contributed by atoms with Crippen molar-refractivity contribution in [3.8, 4) is 0 Å². The number of hydrogen-bond donors (Lipinski definition) is 1. The number of anilines is 1. The first-order valence-electron chi connectivity index (χ1n) is 9.11. The van der Waals surface area contributed by atoms with Gasteiger partial charge < -0.3 is 10.2 Å². The fraction of sp³-hybridized carbons (Fsp3) is 0.526. The summed E-state index contributed by atoms with van der Waals surface area (Å²) in [6.45, 7) is 6.61. The van der Waals surface area contributed by atoms with E-state index in [4.69, 9.17) is 11.6 Å². The van der Waals surface area contributed by atoms with Crippen LogP contribution in [-0.2, 0) is 11.2 Å². The highest BCUT2D eigenvalue weighted by molar-refractivity contribution is 7.09. The first-order valence-corrected chi connectivity index (χ1v) is 10.3. The van der Waals surface area contributed by atoms with Crippen molar-refractivity contribution in [3.05, 3.63) is 40.7 Å². The summed E-state index contributed by atoms with van der Waals surface area (Å²) < 4.78 is 4.49. The van der Waals surface area contributed by atoms with Crippen molar-refractivity contribution in [2.24, 2.45) is 11.8 Å². The molecule has 140 valence electrons. The summed E-state index contributed by atoms with van der Waals surface area (Å²) in [5.74, 6) is 1.48. The number of halogens is 1. The van der Waals surface area contributed by atoms with E-state index in [-0.39, 0.29) is 11.8 Å². The highest BCUT2D eigenvalue weighted by Gasteiger charge is 2.27. The van der Waals surface area contributed by atoms with E-state index in [2.05, 4.69) is 33.4 Å². The minimum atomic E-state index is 0.0334. The minimum absolute atomic E-state index is 0.0334. The Morgan fingerprint density at radius 2 is 2.15 bits per heavy atom. The fourth-order valence-electron chi connectivity index (χ4n) is 3.04. The van der Waals surface area contributed by atoms with Gasteiger partial charge in [0.05, 0.1) is 5.92 Å². The number of hydrogen-bond acceptors (Lipinski definition) is 5. The number of piperidine rings is 1. The Labute approximate surface area is 163 Å². The molecule has 0 radical (unpaired) electrons. The molecule has 1 aliphatic rings. The number of rotatable bonds is 6. The molecule has 3 rings (SSSR count). The molecular formula is C19H25ClN4OS. The number of nitrogens with one attached hydrogen (secondary N) is 1. The highest BCUT2D eigenvalue weighted by atomic mass is 35.5. The van der Waals surface area contributed by atoms with Crippen LogP contribution in [0.5, 0.6) is 0 Å². The van der Waals surface area contributed by atoms with Gasteiger partial charge in [-0.05, 0) is 36.5 Å². The Hall–Kier alpha value is -1.66. The standard InChI is InChI=1S/C19H25ClN4OS/c1-13(2)11-21-18(25)15-4-3-9-24(12-15)19-22-17(23-26-19)10-14-5-7-16(20)8-6-14/h5-8,13,15H,3-4,9-12H2,1-2H3,(H,21,25)/t15-/m0/s1. The summed E-state index contributed by atoms with van der Waals surface area (Å²) in [7, 11) is 0. The Bertz CT molecular complexity index is 731. The van der Waals surface area contributed by atoms with Crippen LogP contribution in [0.4, 0.5) is 5.13 Å². The zero-order chi connectivity index (χ0) is 18.5. The topological polar surface area (TPSA) is 58.1 Å². The summed E-state index contributed by atoms with van der Waals surface area (Å²) in [4.78, 5) is 19.3. The van der Waals surface area contributed by atoms with Crippen LogP contribution in [-0.4, -0.2) is 34.9 Å². The molecule has 2 heterocycles. The van der Waals surface area contributed by atoms with E-state index in [1.165, 1.54) is 11.5 Å². The minimum Gasteiger partial charge on any atom is -0.356 e. The molecule has 0 bridgehead atoms. The predicted octanol–water partition coefficient (Wildman–Crippen LogP) is 3.77. The smallest absolute Gasteiger partial charge is 0.224 e. The molecule has 2 aromatic rings. The molecule has 1 atom stereocenters. The lowest BCUT2D eigenvalue weighted by atomic mass is 9.97. The van der Waals surface area contributed by atoms with E-state index in [0.29, 0.717) is 12.3 Å². The number of carbonyl (C=O) groups is 1. The van der Waals surface area contributed by atoms with E-state index < -0.39 is 0 Å². The van der Waals surface area contributed by atoms with E-state index in [1.54, 1.807) is 0 Å². The van der Waals surface area contributed by atoms with Crippen molar-refractivity contribution < 1.29 is 4.79 Å². The molecule has 7 heteroatoms. The molecule has 0 saturated carbocycles. The third-order valence-electron chi connectivity index (χ3n) is 4.48. The second-order valence-electron chi connectivity index (χ2n) is 7.22. The van der Waals surface area contributed by atoms with Gasteiger partial charge in [0.15, 0.2) is 0 Å². The number of amides is 1. The molecular weight excluding hydrogens is 368 g/mol. The van der Waals surface area contributed by atoms with Crippen molar-refractivity contribution in [2.75, 3.05) is 24.5 Å². The quantitative estimate of drug-likeness (QED) is 0.812. The van der Waals surface area contributed by atoms with Gasteiger partial charge in [0.2, 0.25) is 11.0 Å². The van der Waals surface area contributed by atoms with Gasteiger partial charge in [0, 0.05) is 42.6 Å². The third-order valence-corrected chi connectivity index (χ3v) is 5.55. The Kier molecular flexibility index (Phi) is 6.48. The van der Waals surface area contributed by atoms with Gasteiger partial charge in [-0.1, -0.05) is 37.6 Å². The van der Waals surface area contributed by atoms with Gasteiger partial charge in [0.1, 0.15) is 5.82 Å². The zero-order valence-electron chi connectivity index (χ0n) is 15.2. The molecule has 1 saturated heterocycles. The molecule has 1 amide bonds. The van der Waals surface area contributed by atoms with Gasteiger partial charge in [-0.25, -0.2) is 4.98 Å². The predicted molar refractivity (Wildman–Crippen MR) is 107 cm³/mol. The van der Waals surface area contributed by atoms with E-state index >= 15 is 0 Å². The molecule has 1 N–H and O–H groups in total. The second-order valence-corrected chi connectivity index (χ2v) is 8.39. The van der Waals surface area contributed by atoms with Crippen LogP contribution in [0.15, 0.2) is 24.3 Å². The SMILES string of the molecule is CC(C)CNC(=O)[C@H]1CCCN(c2nc(Cc3ccc(Cl)cc3)ns2)C1. The number of carbonyl (C=O) groups excluding carboxylic acids is 1. The van der Waals surface area contributed by atoms with Crippen molar-refractivity contribution >= 4 is 34.2 Å². The Balaban J connectivity index is 1.59. The van der Waals surface area contributed by atoms with Crippen LogP contribution in [0.25, 0.3) is 0 Å². The van der Waals surface area contributed by atoms with Gasteiger partial charge in [-0.3, -0.25) is 4.79 Å². The molecule has 0 unspecified atom stereocenters. The van der Waals surface area contributed by atoms with E-state index in [0.717, 1.165) is 54.0 Å². The molecule has 0 spiro atoms. The maximum atomic E-state index is 12.4. The Morgan fingerprint density at radius 3 is 2.88 bits per heavy atom. The lowest BCUT2D eigenvalue weighted by molar-refractivity contribution is -0.125. The molecule has 26 heavy (non-hydrogen) atoms. The van der Waals surface area contributed by atoms with Crippen LogP contribution in [0.2, 0.25) is 5.02 Å². The zero-order valence-corrected chi connectivity index (χ0v) is 16.8. The van der Waals surface area contributed by atoms with E-state index in [9.17, 15) is 4.79 Å². The summed E-state index contributed by atoms with van der Waals surface area (Å²) in [6, 6.07) is 7.77. The van der Waals surface area contributed by atoms with Crippen LogP contribution in [0.1, 0.15) is 38.1 Å². The van der Waals surface area contributed by atoms with Crippen molar-refractivity contribution in [1.82, 2.24) is 14.7 Å². The average molecular weight is 393 g/mol. The summed E-state index contributed by atoms with van der Waals surface area (Å²) in [5, 5.41) is 4.70. The van der Waals surface area contributed by atoms with Crippen molar-refractivity contribution in [3.63, 3.8) is 0 Å². The largest absolute Gasteiger partial charge is 0.356 e. The van der Waals surface area contributed by atoms with Crippen molar-refractivity contribution in [2.45, 2.75) is 33.1 Å². The molecule has 0 aliphatic carbocycles. The molecule has 1 fully saturated rings. The van der Waals surface area contributed by atoms with Gasteiger partial charge in [-0.15, -0.1) is 0 Å². The summed E-state index contributed by atoms with van der Waals surface area (Å²) >= 11 is 7.35. The fourth-order valence-corrected chi connectivity index (χ4v) is 3.89. The van der Waals surface area contributed by atoms with Gasteiger partial charge in [-0.2, -0.15) is 4.37 Å². The molecule has 5 nitrogen and oxygen atoms in total. The first kappa shape index (κ1) is 19.1. The summed E-state index contributed by atoms with van der Waals surface area (Å²) in [6.07, 6.45) is 2.64. The monoisotopic (exact) mass is 392 g/mol. The number of benzene rings is 1. The normalized spacial score (nSPS) is 17.5. The number of aromatic nitrogens is 2. The van der Waals surface area contributed by atoms with Crippen LogP contribution < -0.4 is 10.2 Å². The maximum Gasteiger partial charge on any atom is 0.224 e.